The van der Waals surface area contributed by atoms with Crippen LogP contribution in [-0.2, 0) is 26.0 Å². The third kappa shape index (κ3) is 6.95. The average molecular weight is 476 g/mol. The van der Waals surface area contributed by atoms with E-state index in [-0.39, 0.29) is 18.1 Å². The van der Waals surface area contributed by atoms with E-state index >= 15 is 0 Å². The number of methoxy groups -OCH3 is 1. The Labute approximate surface area is 196 Å². The molecule has 0 unspecified atom stereocenters. The molecule has 0 fully saturated rings. The van der Waals surface area contributed by atoms with Crippen LogP contribution in [0.15, 0.2) is 48.5 Å². The molecule has 0 radical (unpaired) electrons. The Morgan fingerprint density at radius 3 is 2.33 bits per heavy atom. The Bertz CT molecular complexity index is 1060. The highest BCUT2D eigenvalue weighted by Gasteiger charge is 2.31. The highest BCUT2D eigenvalue weighted by molar-refractivity contribution is 7.92. The first-order chi connectivity index (χ1) is 15.6. The van der Waals surface area contributed by atoms with Crippen LogP contribution in [0, 0.1) is 6.92 Å². The molecule has 2 rings (SSSR count). The average Bonchev–Trinajstić information content (AvgIpc) is 2.79. The zero-order valence-electron chi connectivity index (χ0n) is 19.9. The van der Waals surface area contributed by atoms with Gasteiger partial charge in [-0.2, -0.15) is 0 Å². The molecule has 0 aliphatic heterocycles. The fourth-order valence-electron chi connectivity index (χ4n) is 3.65. The smallest absolute Gasteiger partial charge is 0.244 e. The van der Waals surface area contributed by atoms with Crippen molar-refractivity contribution >= 4 is 27.5 Å². The molecule has 2 aromatic rings. The maximum Gasteiger partial charge on any atom is 0.244 e. The molecule has 2 amide bonds. The second-order valence-electron chi connectivity index (χ2n) is 7.81. The molecular weight excluding hydrogens is 442 g/mol. The highest BCUT2D eigenvalue weighted by atomic mass is 32.2. The summed E-state index contributed by atoms with van der Waals surface area (Å²) in [6.07, 6.45) is 1.98. The van der Waals surface area contributed by atoms with Gasteiger partial charge in [-0.3, -0.25) is 13.9 Å². The number of hydrogen-bond acceptors (Lipinski definition) is 5. The van der Waals surface area contributed by atoms with Crippen molar-refractivity contribution in [3.05, 3.63) is 59.7 Å². The first kappa shape index (κ1) is 26.2. The number of carbonyl (C=O) groups is 2. The number of rotatable bonds is 11. The van der Waals surface area contributed by atoms with Crippen LogP contribution < -0.4 is 14.4 Å². The van der Waals surface area contributed by atoms with Crippen LogP contribution in [0.1, 0.15) is 24.5 Å². The van der Waals surface area contributed by atoms with E-state index in [0.29, 0.717) is 18.6 Å². The monoisotopic (exact) mass is 475 g/mol. The molecule has 0 spiro atoms. The molecule has 2 aromatic carbocycles. The second-order valence-corrected chi connectivity index (χ2v) is 9.71. The third-order valence-electron chi connectivity index (χ3n) is 5.40. The number of benzene rings is 2. The summed E-state index contributed by atoms with van der Waals surface area (Å²) in [5, 5.41) is 2.61. The maximum absolute atomic E-state index is 13.5. The zero-order valence-corrected chi connectivity index (χ0v) is 20.7. The number of aryl methyl sites for hydroxylation is 1. The van der Waals surface area contributed by atoms with Crippen molar-refractivity contribution < 1.29 is 22.7 Å². The lowest BCUT2D eigenvalue weighted by atomic mass is 10.1. The van der Waals surface area contributed by atoms with Crippen LogP contribution in [0.3, 0.4) is 0 Å². The Morgan fingerprint density at radius 1 is 1.12 bits per heavy atom. The minimum absolute atomic E-state index is 0.275. The van der Waals surface area contributed by atoms with Crippen LogP contribution in [0.4, 0.5) is 5.69 Å². The van der Waals surface area contributed by atoms with Crippen LogP contribution >= 0.6 is 0 Å². The number of carbonyl (C=O) groups excluding carboxylic acids is 2. The molecule has 9 heteroatoms. The lowest BCUT2D eigenvalue weighted by Crippen LogP contribution is -2.52. The predicted molar refractivity (Wildman–Crippen MR) is 130 cm³/mol. The first-order valence-electron chi connectivity index (χ1n) is 10.8. The number of amides is 2. The molecule has 0 aromatic heterocycles. The summed E-state index contributed by atoms with van der Waals surface area (Å²) in [7, 11) is -0.851. The van der Waals surface area contributed by atoms with Crippen LogP contribution in [0.5, 0.6) is 5.75 Å². The summed E-state index contributed by atoms with van der Waals surface area (Å²) >= 11 is 0. The maximum atomic E-state index is 13.5. The Balaban J connectivity index is 2.41. The third-order valence-corrected chi connectivity index (χ3v) is 6.53. The highest BCUT2D eigenvalue weighted by Crippen LogP contribution is 2.31. The number of sulfonamides is 1. The Hall–Kier alpha value is -3.07. The molecule has 0 aliphatic rings. The van der Waals surface area contributed by atoms with E-state index in [4.69, 9.17) is 4.74 Å². The SMILES string of the molecule is CC[C@@H](C(=O)NC)N(CCc1ccccc1)C(=O)CN(c1cc(C)ccc1OC)S(C)(=O)=O. The van der Waals surface area contributed by atoms with Gasteiger partial charge in [-0.1, -0.05) is 43.3 Å². The normalized spacial score (nSPS) is 12.0. The van der Waals surface area contributed by atoms with E-state index in [9.17, 15) is 18.0 Å². The molecule has 1 N–H and O–H groups in total. The summed E-state index contributed by atoms with van der Waals surface area (Å²) in [6, 6.07) is 14.0. The van der Waals surface area contributed by atoms with Crippen molar-refractivity contribution in [3.8, 4) is 5.75 Å². The molecule has 0 saturated heterocycles. The first-order valence-corrected chi connectivity index (χ1v) is 12.6. The summed E-state index contributed by atoms with van der Waals surface area (Å²) in [6.45, 7) is 3.48. The molecule has 8 nitrogen and oxygen atoms in total. The summed E-state index contributed by atoms with van der Waals surface area (Å²) in [5.41, 5.74) is 2.12. The van der Waals surface area contributed by atoms with Crippen molar-refractivity contribution in [2.45, 2.75) is 32.7 Å². The van der Waals surface area contributed by atoms with E-state index in [1.807, 2.05) is 44.2 Å². The number of nitrogens with zero attached hydrogens (tertiary/aromatic N) is 2. The predicted octanol–water partition coefficient (Wildman–Crippen LogP) is 2.37. The van der Waals surface area contributed by atoms with Crippen LogP contribution in [0.2, 0.25) is 0 Å². The molecule has 0 heterocycles. The molecule has 0 aliphatic carbocycles. The largest absolute Gasteiger partial charge is 0.495 e. The Morgan fingerprint density at radius 2 is 1.79 bits per heavy atom. The van der Waals surface area contributed by atoms with Gasteiger partial charge in [-0.15, -0.1) is 0 Å². The van der Waals surface area contributed by atoms with Crippen molar-refractivity contribution in [2.75, 3.05) is 37.8 Å². The van der Waals surface area contributed by atoms with E-state index in [1.54, 1.807) is 18.2 Å². The number of nitrogens with one attached hydrogen (secondary N) is 1. The second kappa shape index (κ2) is 11.7. The van der Waals surface area contributed by atoms with E-state index in [2.05, 4.69) is 5.32 Å². The van der Waals surface area contributed by atoms with Gasteiger partial charge in [-0.25, -0.2) is 8.42 Å². The Kier molecular flexibility index (Phi) is 9.28. The minimum atomic E-state index is -3.82. The molecule has 33 heavy (non-hydrogen) atoms. The quantitative estimate of drug-likeness (QED) is 0.538. The molecule has 1 atom stereocenters. The van der Waals surface area contributed by atoms with Crippen molar-refractivity contribution in [2.24, 2.45) is 0 Å². The summed E-state index contributed by atoms with van der Waals surface area (Å²) in [5.74, 6) is -0.415. The fraction of sp³-hybridized carbons (Fsp3) is 0.417. The number of anilines is 1. The minimum Gasteiger partial charge on any atom is -0.495 e. The van der Waals surface area contributed by atoms with Gasteiger partial charge in [0.2, 0.25) is 21.8 Å². The van der Waals surface area contributed by atoms with Crippen molar-refractivity contribution in [3.63, 3.8) is 0 Å². The lowest BCUT2D eigenvalue weighted by Gasteiger charge is -2.33. The molecule has 0 saturated carbocycles. The number of likely N-dealkylation sites (N-methyl/N-ethyl adjacent to an activating group) is 1. The number of hydrogen-bond donors (Lipinski definition) is 1. The molecular formula is C24H33N3O5S. The van der Waals surface area contributed by atoms with Crippen LogP contribution in [0.25, 0.3) is 0 Å². The lowest BCUT2D eigenvalue weighted by molar-refractivity contribution is -0.139. The van der Waals surface area contributed by atoms with E-state index < -0.39 is 28.5 Å². The molecule has 0 bridgehead atoms. The zero-order chi connectivity index (χ0) is 24.6. The van der Waals surface area contributed by atoms with Gasteiger partial charge in [0.15, 0.2) is 0 Å². The van der Waals surface area contributed by atoms with Gasteiger partial charge in [0, 0.05) is 13.6 Å². The van der Waals surface area contributed by atoms with Gasteiger partial charge in [0.25, 0.3) is 0 Å². The fourth-order valence-corrected chi connectivity index (χ4v) is 4.50. The molecule has 180 valence electrons. The summed E-state index contributed by atoms with van der Waals surface area (Å²) in [4.78, 5) is 27.5. The standard InChI is InChI=1S/C24H33N3O5S/c1-6-20(24(29)25-3)26(15-14-19-10-8-7-9-11-19)23(28)17-27(33(5,30)31)21-16-18(2)12-13-22(21)32-4/h7-13,16,20H,6,14-15,17H2,1-5H3,(H,25,29)/t20-/m0/s1. The van der Waals surface area contributed by atoms with Crippen molar-refractivity contribution in [1.29, 1.82) is 0 Å². The summed E-state index contributed by atoms with van der Waals surface area (Å²) < 4.78 is 31.8. The van der Waals surface area contributed by atoms with Gasteiger partial charge in [0.1, 0.15) is 18.3 Å². The van der Waals surface area contributed by atoms with E-state index in [0.717, 1.165) is 21.7 Å². The topological polar surface area (TPSA) is 96.0 Å². The van der Waals surface area contributed by atoms with Gasteiger partial charge in [-0.05, 0) is 43.0 Å². The van der Waals surface area contributed by atoms with Gasteiger partial charge < -0.3 is 15.0 Å². The van der Waals surface area contributed by atoms with E-state index in [1.165, 1.54) is 19.1 Å². The van der Waals surface area contributed by atoms with Gasteiger partial charge >= 0.3 is 0 Å². The number of ether oxygens (including phenoxy) is 1. The van der Waals surface area contributed by atoms with Gasteiger partial charge in [0.05, 0.1) is 19.1 Å². The van der Waals surface area contributed by atoms with Crippen LogP contribution in [-0.4, -0.2) is 64.7 Å². The van der Waals surface area contributed by atoms with Crippen molar-refractivity contribution in [1.82, 2.24) is 10.2 Å².